The fourth-order valence-corrected chi connectivity index (χ4v) is 3.81. The Kier molecular flexibility index (Phi) is 7.44. The van der Waals surface area contributed by atoms with Crippen molar-refractivity contribution in [3.8, 4) is 23.0 Å². The number of hydrogen-bond donors (Lipinski definition) is 1. The SMILES string of the molecule is CCC(Oc1ccc2c(c1)CCCC2)C(=O)NCc1cc(OC)c(OC)c(OC)c1. The first kappa shape index (κ1) is 21.8. The summed E-state index contributed by atoms with van der Waals surface area (Å²) in [5, 5.41) is 2.96. The number of rotatable bonds is 9. The first-order valence-electron chi connectivity index (χ1n) is 10.4. The van der Waals surface area contributed by atoms with Crippen LogP contribution in [0.1, 0.15) is 42.9 Å². The van der Waals surface area contributed by atoms with Gasteiger partial charge < -0.3 is 24.3 Å². The van der Waals surface area contributed by atoms with Crippen molar-refractivity contribution in [3.05, 3.63) is 47.0 Å². The molecule has 0 radical (unpaired) electrons. The maximum absolute atomic E-state index is 12.7. The standard InChI is InChI=1S/C24H31NO5/c1-5-20(30-19-11-10-17-8-6-7-9-18(17)14-19)24(26)25-15-16-12-21(27-2)23(29-4)22(13-16)28-3/h10-14,20H,5-9,15H2,1-4H3,(H,25,26). The highest BCUT2D eigenvalue weighted by molar-refractivity contribution is 5.81. The minimum absolute atomic E-state index is 0.149. The maximum atomic E-state index is 12.7. The predicted molar refractivity (Wildman–Crippen MR) is 116 cm³/mol. The first-order chi connectivity index (χ1) is 14.6. The Morgan fingerprint density at radius 1 is 0.967 bits per heavy atom. The van der Waals surface area contributed by atoms with Crippen LogP contribution in [0.15, 0.2) is 30.3 Å². The molecule has 1 N–H and O–H groups in total. The Bertz CT molecular complexity index is 855. The second-order valence-corrected chi connectivity index (χ2v) is 7.40. The molecule has 30 heavy (non-hydrogen) atoms. The Labute approximate surface area is 178 Å². The summed E-state index contributed by atoms with van der Waals surface area (Å²) in [7, 11) is 4.70. The Morgan fingerprint density at radius 3 is 2.23 bits per heavy atom. The molecule has 0 aromatic heterocycles. The largest absolute Gasteiger partial charge is 0.493 e. The van der Waals surface area contributed by atoms with Gasteiger partial charge in [-0.3, -0.25) is 4.79 Å². The molecule has 0 bridgehead atoms. The van der Waals surface area contributed by atoms with Crippen molar-refractivity contribution in [1.29, 1.82) is 0 Å². The molecule has 0 heterocycles. The summed E-state index contributed by atoms with van der Waals surface area (Å²) in [5.41, 5.74) is 3.58. The Morgan fingerprint density at radius 2 is 1.63 bits per heavy atom. The lowest BCUT2D eigenvalue weighted by Gasteiger charge is -2.21. The van der Waals surface area contributed by atoms with Crippen molar-refractivity contribution in [1.82, 2.24) is 5.32 Å². The molecule has 1 unspecified atom stereocenters. The number of hydrogen-bond acceptors (Lipinski definition) is 5. The molecule has 162 valence electrons. The van der Waals surface area contributed by atoms with Gasteiger partial charge in [0.2, 0.25) is 5.75 Å². The normalized spacial score (nSPS) is 13.7. The summed E-state index contributed by atoms with van der Waals surface area (Å²) < 4.78 is 22.1. The average molecular weight is 414 g/mol. The van der Waals surface area contributed by atoms with Gasteiger partial charge in [0.1, 0.15) is 5.75 Å². The number of fused-ring (bicyclic) bond motifs is 1. The van der Waals surface area contributed by atoms with E-state index in [1.54, 1.807) is 21.3 Å². The molecule has 1 amide bonds. The van der Waals surface area contributed by atoms with Gasteiger partial charge in [0, 0.05) is 6.54 Å². The van der Waals surface area contributed by atoms with Crippen LogP contribution in [0.4, 0.5) is 0 Å². The summed E-state index contributed by atoms with van der Waals surface area (Å²) in [6.45, 7) is 2.28. The molecule has 0 fully saturated rings. The first-order valence-corrected chi connectivity index (χ1v) is 10.4. The Balaban J connectivity index is 1.66. The second-order valence-electron chi connectivity index (χ2n) is 7.40. The summed E-state index contributed by atoms with van der Waals surface area (Å²) in [4.78, 5) is 12.7. The van der Waals surface area contributed by atoms with Gasteiger partial charge in [-0.1, -0.05) is 13.0 Å². The maximum Gasteiger partial charge on any atom is 0.261 e. The number of carbonyl (C=O) groups excluding carboxylic acids is 1. The zero-order valence-corrected chi connectivity index (χ0v) is 18.2. The van der Waals surface area contributed by atoms with Crippen molar-refractivity contribution >= 4 is 5.91 Å². The van der Waals surface area contributed by atoms with Crippen LogP contribution in [0.2, 0.25) is 0 Å². The highest BCUT2D eigenvalue weighted by atomic mass is 16.5. The molecule has 1 atom stereocenters. The predicted octanol–water partition coefficient (Wildman–Crippen LogP) is 4.07. The van der Waals surface area contributed by atoms with E-state index in [4.69, 9.17) is 18.9 Å². The lowest BCUT2D eigenvalue weighted by molar-refractivity contribution is -0.128. The van der Waals surface area contributed by atoms with Crippen molar-refractivity contribution in [2.75, 3.05) is 21.3 Å². The fraction of sp³-hybridized carbons (Fsp3) is 0.458. The van der Waals surface area contributed by atoms with Crippen LogP contribution in [-0.2, 0) is 24.2 Å². The van der Waals surface area contributed by atoms with E-state index in [0.717, 1.165) is 24.2 Å². The van der Waals surface area contributed by atoms with Crippen molar-refractivity contribution in [2.45, 2.75) is 51.7 Å². The molecule has 6 nitrogen and oxygen atoms in total. The van der Waals surface area contributed by atoms with E-state index in [1.165, 1.54) is 24.0 Å². The highest BCUT2D eigenvalue weighted by Gasteiger charge is 2.20. The summed E-state index contributed by atoms with van der Waals surface area (Å²) in [6.07, 6.45) is 4.70. The van der Waals surface area contributed by atoms with E-state index in [9.17, 15) is 4.79 Å². The average Bonchev–Trinajstić information content (AvgIpc) is 2.79. The van der Waals surface area contributed by atoms with Gasteiger partial charge in [0.15, 0.2) is 17.6 Å². The summed E-state index contributed by atoms with van der Waals surface area (Å²) in [5.74, 6) is 2.24. The third-order valence-electron chi connectivity index (χ3n) is 5.45. The minimum Gasteiger partial charge on any atom is -0.493 e. The van der Waals surface area contributed by atoms with E-state index < -0.39 is 6.10 Å². The monoisotopic (exact) mass is 413 g/mol. The molecule has 0 saturated heterocycles. The van der Waals surface area contributed by atoms with Crippen LogP contribution < -0.4 is 24.3 Å². The van der Waals surface area contributed by atoms with Gasteiger partial charge in [0.25, 0.3) is 5.91 Å². The van der Waals surface area contributed by atoms with Crippen LogP contribution in [0.25, 0.3) is 0 Å². The molecule has 0 spiro atoms. The molecular formula is C24H31NO5. The van der Waals surface area contributed by atoms with Gasteiger partial charge >= 0.3 is 0 Å². The number of ether oxygens (including phenoxy) is 4. The van der Waals surface area contributed by atoms with Crippen LogP contribution in [0.3, 0.4) is 0 Å². The zero-order chi connectivity index (χ0) is 21.5. The molecule has 1 aliphatic carbocycles. The number of amides is 1. The third kappa shape index (κ3) is 4.99. The lowest BCUT2D eigenvalue weighted by atomic mass is 9.92. The minimum atomic E-state index is -0.548. The molecule has 2 aromatic carbocycles. The van der Waals surface area contributed by atoms with Gasteiger partial charge in [-0.15, -0.1) is 0 Å². The van der Waals surface area contributed by atoms with Gasteiger partial charge in [-0.25, -0.2) is 0 Å². The van der Waals surface area contributed by atoms with Crippen molar-refractivity contribution < 1.29 is 23.7 Å². The van der Waals surface area contributed by atoms with Crippen LogP contribution in [-0.4, -0.2) is 33.3 Å². The van der Waals surface area contributed by atoms with Crippen molar-refractivity contribution in [3.63, 3.8) is 0 Å². The second kappa shape index (κ2) is 10.2. The van der Waals surface area contributed by atoms with E-state index in [0.29, 0.717) is 30.2 Å². The van der Waals surface area contributed by atoms with Crippen LogP contribution in [0, 0.1) is 0 Å². The Hall–Kier alpha value is -2.89. The summed E-state index contributed by atoms with van der Waals surface area (Å²) >= 11 is 0. The molecule has 2 aromatic rings. The molecular weight excluding hydrogens is 382 g/mol. The van der Waals surface area contributed by atoms with Crippen molar-refractivity contribution in [2.24, 2.45) is 0 Å². The highest BCUT2D eigenvalue weighted by Crippen LogP contribution is 2.38. The number of methoxy groups -OCH3 is 3. The number of benzene rings is 2. The van der Waals surface area contributed by atoms with E-state index >= 15 is 0 Å². The van der Waals surface area contributed by atoms with E-state index in [1.807, 2.05) is 25.1 Å². The van der Waals surface area contributed by atoms with Gasteiger partial charge in [-0.2, -0.15) is 0 Å². The number of carbonyl (C=O) groups is 1. The molecule has 0 saturated carbocycles. The number of aryl methyl sites for hydroxylation is 2. The van der Waals surface area contributed by atoms with Gasteiger partial charge in [0.05, 0.1) is 21.3 Å². The lowest BCUT2D eigenvalue weighted by Crippen LogP contribution is -2.37. The molecule has 1 aliphatic rings. The van der Waals surface area contributed by atoms with Gasteiger partial charge in [-0.05, 0) is 73.1 Å². The molecule has 0 aliphatic heterocycles. The molecule has 3 rings (SSSR count). The third-order valence-corrected chi connectivity index (χ3v) is 5.45. The topological polar surface area (TPSA) is 66.0 Å². The quantitative estimate of drug-likeness (QED) is 0.671. The number of nitrogens with one attached hydrogen (secondary N) is 1. The molecule has 6 heteroatoms. The van der Waals surface area contributed by atoms with Crippen LogP contribution in [0.5, 0.6) is 23.0 Å². The zero-order valence-electron chi connectivity index (χ0n) is 18.2. The fourth-order valence-electron chi connectivity index (χ4n) is 3.81. The van der Waals surface area contributed by atoms with E-state index in [2.05, 4.69) is 17.4 Å². The summed E-state index contributed by atoms with van der Waals surface area (Å²) in [6, 6.07) is 9.84. The van der Waals surface area contributed by atoms with Crippen LogP contribution >= 0.6 is 0 Å². The van der Waals surface area contributed by atoms with E-state index in [-0.39, 0.29) is 5.91 Å². The smallest absolute Gasteiger partial charge is 0.261 e.